The van der Waals surface area contributed by atoms with Gasteiger partial charge in [0.1, 0.15) is 12.4 Å². The summed E-state index contributed by atoms with van der Waals surface area (Å²) in [5.41, 5.74) is 2.46. The van der Waals surface area contributed by atoms with Crippen LogP contribution in [-0.4, -0.2) is 24.1 Å². The Kier molecular flexibility index (Phi) is 6.04. The Morgan fingerprint density at radius 2 is 1.67 bits per heavy atom. The fourth-order valence-corrected chi connectivity index (χ4v) is 3.07. The standard InChI is InChI=1S/C22H27BO3S/c1-21(2)22(3,4)26-23(25-21)19(16-27)13-18-11-8-12-20(14-18)24-15-17-9-6-5-7-10-17/h5-14,27H,15-16H2,1-4H3. The first-order valence-electron chi connectivity index (χ1n) is 9.24. The van der Waals surface area contributed by atoms with Crippen LogP contribution in [0.3, 0.4) is 0 Å². The van der Waals surface area contributed by atoms with Crippen LogP contribution in [0.5, 0.6) is 5.75 Å². The number of hydrogen-bond acceptors (Lipinski definition) is 4. The lowest BCUT2D eigenvalue weighted by atomic mass is 9.78. The Bertz CT molecular complexity index is 786. The molecule has 0 aliphatic carbocycles. The summed E-state index contributed by atoms with van der Waals surface area (Å²) in [6.45, 7) is 8.77. The smallest absolute Gasteiger partial charge is 0.489 e. The van der Waals surface area contributed by atoms with Gasteiger partial charge in [-0.3, -0.25) is 0 Å². The first kappa shape index (κ1) is 20.1. The van der Waals surface area contributed by atoms with Crippen LogP contribution in [0.2, 0.25) is 0 Å². The molecule has 142 valence electrons. The lowest BCUT2D eigenvalue weighted by molar-refractivity contribution is 0.00578. The minimum absolute atomic E-state index is 0.361. The van der Waals surface area contributed by atoms with Crippen LogP contribution in [0.25, 0.3) is 6.08 Å². The first-order chi connectivity index (χ1) is 12.8. The predicted molar refractivity (Wildman–Crippen MR) is 115 cm³/mol. The summed E-state index contributed by atoms with van der Waals surface area (Å²) >= 11 is 4.49. The maximum atomic E-state index is 6.15. The van der Waals surface area contributed by atoms with E-state index in [2.05, 4.69) is 58.5 Å². The highest BCUT2D eigenvalue weighted by Crippen LogP contribution is 2.39. The molecule has 1 aliphatic rings. The van der Waals surface area contributed by atoms with E-state index in [1.165, 1.54) is 0 Å². The van der Waals surface area contributed by atoms with Crippen molar-refractivity contribution in [3.05, 3.63) is 71.2 Å². The van der Waals surface area contributed by atoms with Gasteiger partial charge in [0.25, 0.3) is 0 Å². The number of ether oxygens (including phenoxy) is 1. The van der Waals surface area contributed by atoms with Gasteiger partial charge in [-0.15, -0.1) is 0 Å². The number of hydrogen-bond donors (Lipinski definition) is 1. The maximum Gasteiger partial charge on any atom is 0.491 e. The number of thiol groups is 1. The largest absolute Gasteiger partial charge is 0.491 e. The van der Waals surface area contributed by atoms with Crippen LogP contribution in [0, 0.1) is 0 Å². The highest BCUT2D eigenvalue weighted by atomic mass is 32.1. The van der Waals surface area contributed by atoms with Gasteiger partial charge in [-0.2, -0.15) is 12.6 Å². The molecule has 2 aromatic carbocycles. The van der Waals surface area contributed by atoms with E-state index in [4.69, 9.17) is 14.0 Å². The van der Waals surface area contributed by atoms with Gasteiger partial charge >= 0.3 is 7.12 Å². The first-order valence-corrected chi connectivity index (χ1v) is 9.88. The van der Waals surface area contributed by atoms with E-state index in [-0.39, 0.29) is 18.3 Å². The van der Waals surface area contributed by atoms with E-state index < -0.39 is 0 Å². The fourth-order valence-electron chi connectivity index (χ4n) is 2.83. The third kappa shape index (κ3) is 4.78. The van der Waals surface area contributed by atoms with E-state index in [0.717, 1.165) is 22.3 Å². The summed E-state index contributed by atoms with van der Waals surface area (Å²) in [5.74, 6) is 1.39. The normalized spacial score (nSPS) is 18.6. The van der Waals surface area contributed by atoms with Crippen LogP contribution < -0.4 is 4.74 Å². The van der Waals surface area contributed by atoms with Crippen molar-refractivity contribution in [2.24, 2.45) is 0 Å². The van der Waals surface area contributed by atoms with Gasteiger partial charge in [0.2, 0.25) is 0 Å². The van der Waals surface area contributed by atoms with E-state index in [0.29, 0.717) is 12.4 Å². The van der Waals surface area contributed by atoms with E-state index in [1.54, 1.807) is 0 Å². The van der Waals surface area contributed by atoms with Crippen molar-refractivity contribution in [1.82, 2.24) is 0 Å². The monoisotopic (exact) mass is 382 g/mol. The lowest BCUT2D eigenvalue weighted by Crippen LogP contribution is -2.41. The molecule has 3 rings (SSSR count). The van der Waals surface area contributed by atoms with Crippen molar-refractivity contribution in [1.29, 1.82) is 0 Å². The van der Waals surface area contributed by atoms with Crippen molar-refractivity contribution in [3.8, 4) is 5.75 Å². The molecular formula is C22H27BO3S. The average Bonchev–Trinajstić information content (AvgIpc) is 2.86. The molecule has 0 atom stereocenters. The quantitative estimate of drug-likeness (QED) is 0.549. The summed E-state index contributed by atoms with van der Waals surface area (Å²) in [4.78, 5) is 0. The van der Waals surface area contributed by atoms with Crippen LogP contribution in [0.1, 0.15) is 38.8 Å². The predicted octanol–water partition coefficient (Wildman–Crippen LogP) is 5.21. The molecule has 1 aliphatic heterocycles. The Labute approximate surface area is 168 Å². The third-order valence-corrected chi connectivity index (χ3v) is 5.56. The van der Waals surface area contributed by atoms with Crippen LogP contribution in [0.4, 0.5) is 0 Å². The molecule has 1 saturated heterocycles. The van der Waals surface area contributed by atoms with Gasteiger partial charge in [0, 0.05) is 5.75 Å². The SMILES string of the molecule is CC1(C)OB(C(=Cc2cccc(OCc3ccccc3)c2)CS)OC1(C)C. The van der Waals surface area contributed by atoms with Crippen molar-refractivity contribution >= 4 is 25.8 Å². The average molecular weight is 382 g/mol. The molecule has 0 bridgehead atoms. The topological polar surface area (TPSA) is 27.7 Å². The molecule has 0 N–H and O–H groups in total. The summed E-state index contributed by atoms with van der Waals surface area (Å²) < 4.78 is 18.2. The summed E-state index contributed by atoms with van der Waals surface area (Å²) in [5, 5.41) is 0. The molecule has 2 aromatic rings. The zero-order valence-corrected chi connectivity index (χ0v) is 17.3. The van der Waals surface area contributed by atoms with E-state index in [9.17, 15) is 0 Å². The minimum Gasteiger partial charge on any atom is -0.489 e. The Morgan fingerprint density at radius 1 is 1.00 bits per heavy atom. The van der Waals surface area contributed by atoms with Crippen LogP contribution >= 0.6 is 12.6 Å². The van der Waals surface area contributed by atoms with Crippen molar-refractivity contribution < 1.29 is 14.0 Å². The molecule has 0 unspecified atom stereocenters. The number of rotatable bonds is 6. The third-order valence-electron chi connectivity index (χ3n) is 5.20. The van der Waals surface area contributed by atoms with Gasteiger partial charge in [-0.1, -0.05) is 48.5 Å². The van der Waals surface area contributed by atoms with Crippen molar-refractivity contribution in [3.63, 3.8) is 0 Å². The molecule has 5 heteroatoms. The van der Waals surface area contributed by atoms with Gasteiger partial charge in [-0.05, 0) is 56.4 Å². The minimum atomic E-state index is -0.388. The van der Waals surface area contributed by atoms with E-state index >= 15 is 0 Å². The molecule has 0 amide bonds. The van der Waals surface area contributed by atoms with Crippen molar-refractivity contribution in [2.75, 3.05) is 5.75 Å². The Hall–Kier alpha value is -1.69. The highest BCUT2D eigenvalue weighted by Gasteiger charge is 2.52. The van der Waals surface area contributed by atoms with E-state index in [1.807, 2.05) is 42.5 Å². The van der Waals surface area contributed by atoms with Gasteiger partial charge in [-0.25, -0.2) is 0 Å². The molecular weight excluding hydrogens is 355 g/mol. The second-order valence-electron chi connectivity index (χ2n) is 7.81. The molecule has 0 spiro atoms. The fraction of sp³-hybridized carbons (Fsp3) is 0.364. The molecule has 0 aromatic heterocycles. The summed E-state index contributed by atoms with van der Waals surface area (Å²) in [7, 11) is -0.388. The van der Waals surface area contributed by atoms with Crippen molar-refractivity contribution in [2.45, 2.75) is 45.5 Å². The second kappa shape index (κ2) is 8.13. The molecule has 3 nitrogen and oxygen atoms in total. The molecule has 0 saturated carbocycles. The molecule has 1 fully saturated rings. The highest BCUT2D eigenvalue weighted by molar-refractivity contribution is 7.80. The number of benzene rings is 2. The zero-order chi connectivity index (χ0) is 19.5. The summed E-state index contributed by atoms with van der Waals surface area (Å²) in [6.07, 6.45) is 2.07. The Balaban J connectivity index is 1.73. The molecule has 27 heavy (non-hydrogen) atoms. The van der Waals surface area contributed by atoms with Gasteiger partial charge < -0.3 is 14.0 Å². The Morgan fingerprint density at radius 3 is 2.30 bits per heavy atom. The second-order valence-corrected chi connectivity index (χ2v) is 8.13. The maximum absolute atomic E-state index is 6.15. The molecule has 1 heterocycles. The van der Waals surface area contributed by atoms with Gasteiger partial charge in [0.05, 0.1) is 11.2 Å². The van der Waals surface area contributed by atoms with Gasteiger partial charge in [0.15, 0.2) is 0 Å². The zero-order valence-electron chi connectivity index (χ0n) is 16.4. The molecule has 0 radical (unpaired) electrons. The summed E-state index contributed by atoms with van der Waals surface area (Å²) in [6, 6.07) is 18.2. The lowest BCUT2D eigenvalue weighted by Gasteiger charge is -2.32. The van der Waals surface area contributed by atoms with Crippen LogP contribution in [-0.2, 0) is 15.9 Å². The van der Waals surface area contributed by atoms with Crippen LogP contribution in [0.15, 0.2) is 60.1 Å².